The molecule has 0 radical (unpaired) electrons. The molecule has 0 amide bonds. The van der Waals surface area contributed by atoms with Crippen LogP contribution < -0.4 is 5.32 Å². The van der Waals surface area contributed by atoms with E-state index in [4.69, 9.17) is 0 Å². The Bertz CT molecular complexity index is 546. The zero-order valence-corrected chi connectivity index (χ0v) is 12.6. The number of aromatic nitrogens is 2. The number of rotatable bonds is 4. The third-order valence-electron chi connectivity index (χ3n) is 3.01. The van der Waals surface area contributed by atoms with E-state index in [9.17, 15) is 0 Å². The summed E-state index contributed by atoms with van der Waals surface area (Å²) in [5.74, 6) is 0. The first-order valence-electron chi connectivity index (χ1n) is 6.07. The van der Waals surface area contributed by atoms with Gasteiger partial charge in [0.15, 0.2) is 0 Å². The summed E-state index contributed by atoms with van der Waals surface area (Å²) in [6.07, 6.45) is 2.12. The van der Waals surface area contributed by atoms with Crippen LogP contribution in [-0.4, -0.2) is 23.4 Å². The highest BCUT2D eigenvalue weighted by Gasteiger charge is 2.08. The van der Waals surface area contributed by atoms with Crippen molar-refractivity contribution in [1.82, 2.24) is 15.1 Å². The minimum absolute atomic E-state index is 0.896. The van der Waals surface area contributed by atoms with Gasteiger partial charge in [-0.05, 0) is 38.1 Å². The van der Waals surface area contributed by atoms with Gasteiger partial charge in [-0.25, -0.2) is 0 Å². The number of nitrogens with zero attached hydrogens (tertiary/aromatic N) is 2. The van der Waals surface area contributed by atoms with E-state index in [1.54, 1.807) is 0 Å². The lowest BCUT2D eigenvalue weighted by Gasteiger charge is -2.03. The van der Waals surface area contributed by atoms with E-state index in [1.165, 1.54) is 16.7 Å². The van der Waals surface area contributed by atoms with Crippen molar-refractivity contribution in [1.29, 1.82) is 0 Å². The molecule has 0 unspecified atom stereocenters. The van der Waals surface area contributed by atoms with Crippen LogP contribution in [0.2, 0.25) is 0 Å². The van der Waals surface area contributed by atoms with Crippen molar-refractivity contribution >= 4 is 15.9 Å². The number of halogens is 1. The van der Waals surface area contributed by atoms with Gasteiger partial charge in [0.25, 0.3) is 0 Å². The number of likely N-dealkylation sites (N-methyl/N-ethyl adjacent to an activating group) is 1. The maximum Gasteiger partial charge on any atom is 0.0672 e. The molecule has 0 aliphatic carbocycles. The van der Waals surface area contributed by atoms with Crippen molar-refractivity contribution in [3.8, 4) is 11.1 Å². The summed E-state index contributed by atoms with van der Waals surface area (Å²) < 4.78 is 3.14. The zero-order chi connectivity index (χ0) is 13.1. The lowest BCUT2D eigenvalue weighted by Crippen LogP contribution is -2.15. The zero-order valence-electron chi connectivity index (χ0n) is 11.0. The fraction of sp³-hybridized carbons (Fsp3) is 0.357. The standard InChI is InChI=1S/C14H18BrN3/c1-10-8-12(4-5-14(10)15)13-9-18(7-6-16-3)17-11(13)2/h4-5,8-9,16H,6-7H2,1-3H3. The Morgan fingerprint density at radius 1 is 1.33 bits per heavy atom. The first kappa shape index (κ1) is 13.3. The van der Waals surface area contributed by atoms with E-state index in [-0.39, 0.29) is 0 Å². The van der Waals surface area contributed by atoms with Crippen molar-refractivity contribution in [3.05, 3.63) is 40.1 Å². The molecule has 0 fully saturated rings. The van der Waals surface area contributed by atoms with E-state index >= 15 is 0 Å². The quantitative estimate of drug-likeness (QED) is 0.940. The van der Waals surface area contributed by atoms with Crippen LogP contribution in [0.25, 0.3) is 11.1 Å². The molecule has 0 aliphatic rings. The third-order valence-corrected chi connectivity index (χ3v) is 3.90. The Kier molecular flexibility index (Phi) is 4.19. The summed E-state index contributed by atoms with van der Waals surface area (Å²) >= 11 is 3.53. The molecular formula is C14H18BrN3. The van der Waals surface area contributed by atoms with Gasteiger partial charge in [-0.3, -0.25) is 4.68 Å². The number of hydrogen-bond donors (Lipinski definition) is 1. The van der Waals surface area contributed by atoms with Crippen LogP contribution in [0, 0.1) is 13.8 Å². The minimum atomic E-state index is 0.896. The Morgan fingerprint density at radius 2 is 2.11 bits per heavy atom. The molecule has 96 valence electrons. The van der Waals surface area contributed by atoms with Crippen LogP contribution in [-0.2, 0) is 6.54 Å². The van der Waals surface area contributed by atoms with Crippen molar-refractivity contribution < 1.29 is 0 Å². The third kappa shape index (κ3) is 2.82. The molecule has 1 heterocycles. The van der Waals surface area contributed by atoms with Gasteiger partial charge in [0.1, 0.15) is 0 Å². The predicted octanol–water partition coefficient (Wildman–Crippen LogP) is 3.15. The van der Waals surface area contributed by atoms with Gasteiger partial charge in [-0.15, -0.1) is 0 Å². The van der Waals surface area contributed by atoms with E-state index in [2.05, 4.69) is 64.6 Å². The average Bonchev–Trinajstić information content (AvgIpc) is 2.71. The SMILES string of the molecule is CNCCn1cc(-c2ccc(Br)c(C)c2)c(C)n1. The average molecular weight is 308 g/mol. The molecule has 0 atom stereocenters. The molecule has 1 aromatic carbocycles. The molecule has 2 aromatic rings. The maximum absolute atomic E-state index is 4.54. The highest BCUT2D eigenvalue weighted by molar-refractivity contribution is 9.10. The van der Waals surface area contributed by atoms with E-state index < -0.39 is 0 Å². The molecule has 0 aliphatic heterocycles. The highest BCUT2D eigenvalue weighted by atomic mass is 79.9. The lowest BCUT2D eigenvalue weighted by molar-refractivity contribution is 0.581. The van der Waals surface area contributed by atoms with Gasteiger partial charge in [0, 0.05) is 22.8 Å². The van der Waals surface area contributed by atoms with Crippen LogP contribution >= 0.6 is 15.9 Å². The van der Waals surface area contributed by atoms with Gasteiger partial charge in [0.2, 0.25) is 0 Å². The topological polar surface area (TPSA) is 29.9 Å². The van der Waals surface area contributed by atoms with E-state index in [1.807, 2.05) is 11.7 Å². The van der Waals surface area contributed by atoms with E-state index in [0.717, 1.165) is 23.3 Å². The molecule has 2 rings (SSSR count). The fourth-order valence-corrected chi connectivity index (χ4v) is 2.20. The van der Waals surface area contributed by atoms with Crippen molar-refractivity contribution in [3.63, 3.8) is 0 Å². The van der Waals surface area contributed by atoms with E-state index in [0.29, 0.717) is 0 Å². The van der Waals surface area contributed by atoms with Crippen molar-refractivity contribution in [2.24, 2.45) is 0 Å². The second kappa shape index (κ2) is 5.67. The molecule has 3 nitrogen and oxygen atoms in total. The van der Waals surface area contributed by atoms with Gasteiger partial charge in [0.05, 0.1) is 12.2 Å². The smallest absolute Gasteiger partial charge is 0.0672 e. The normalized spacial score (nSPS) is 10.9. The van der Waals surface area contributed by atoms with Crippen LogP contribution in [0.3, 0.4) is 0 Å². The highest BCUT2D eigenvalue weighted by Crippen LogP contribution is 2.26. The van der Waals surface area contributed by atoms with Gasteiger partial charge >= 0.3 is 0 Å². The molecule has 0 spiro atoms. The molecule has 1 N–H and O–H groups in total. The Hall–Kier alpha value is -1.13. The largest absolute Gasteiger partial charge is 0.318 e. The van der Waals surface area contributed by atoms with Crippen molar-refractivity contribution in [2.75, 3.05) is 13.6 Å². The molecule has 0 saturated carbocycles. The van der Waals surface area contributed by atoms with Crippen molar-refractivity contribution in [2.45, 2.75) is 20.4 Å². The Morgan fingerprint density at radius 3 is 2.78 bits per heavy atom. The van der Waals surface area contributed by atoms with Crippen LogP contribution in [0.4, 0.5) is 0 Å². The Balaban J connectivity index is 2.32. The molecule has 0 saturated heterocycles. The molecule has 4 heteroatoms. The number of benzene rings is 1. The monoisotopic (exact) mass is 307 g/mol. The molecule has 0 bridgehead atoms. The summed E-state index contributed by atoms with van der Waals surface area (Å²) in [4.78, 5) is 0. The summed E-state index contributed by atoms with van der Waals surface area (Å²) in [6.45, 7) is 5.99. The molecular weight excluding hydrogens is 290 g/mol. The predicted molar refractivity (Wildman–Crippen MR) is 78.8 cm³/mol. The number of nitrogens with one attached hydrogen (secondary N) is 1. The van der Waals surface area contributed by atoms with Gasteiger partial charge < -0.3 is 5.32 Å². The summed E-state index contributed by atoms with van der Waals surface area (Å²) in [7, 11) is 1.95. The second-order valence-electron chi connectivity index (χ2n) is 4.46. The fourth-order valence-electron chi connectivity index (χ4n) is 1.95. The second-order valence-corrected chi connectivity index (χ2v) is 5.31. The number of aryl methyl sites for hydroxylation is 2. The lowest BCUT2D eigenvalue weighted by atomic mass is 10.0. The first-order valence-corrected chi connectivity index (χ1v) is 6.86. The van der Waals surface area contributed by atoms with Gasteiger partial charge in [-0.1, -0.05) is 28.1 Å². The summed E-state index contributed by atoms with van der Waals surface area (Å²) in [5.41, 5.74) is 4.76. The summed E-state index contributed by atoms with van der Waals surface area (Å²) in [5, 5.41) is 7.68. The van der Waals surface area contributed by atoms with Crippen LogP contribution in [0.15, 0.2) is 28.9 Å². The minimum Gasteiger partial charge on any atom is -0.318 e. The maximum atomic E-state index is 4.54. The Labute approximate surface area is 116 Å². The number of hydrogen-bond acceptors (Lipinski definition) is 2. The first-order chi connectivity index (χ1) is 8.61. The molecule has 1 aromatic heterocycles. The van der Waals surface area contributed by atoms with Gasteiger partial charge in [-0.2, -0.15) is 5.10 Å². The van der Waals surface area contributed by atoms with Crippen LogP contribution in [0.1, 0.15) is 11.3 Å². The molecule has 18 heavy (non-hydrogen) atoms. The van der Waals surface area contributed by atoms with Crippen LogP contribution in [0.5, 0.6) is 0 Å². The summed E-state index contributed by atoms with van der Waals surface area (Å²) in [6, 6.07) is 6.41.